The maximum Gasteiger partial charge on any atom is 0.173 e. The molecule has 4 heterocycles. The van der Waals surface area contributed by atoms with Crippen LogP contribution >= 0.6 is 0 Å². The SMILES string of the molecule is Cc1cn2cc(Nc3[nH]cc4cc(N5CCNCC5)cc(F)c34)cc(F)c2n1. The van der Waals surface area contributed by atoms with Crippen LogP contribution in [-0.2, 0) is 0 Å². The molecule has 0 saturated carbocycles. The van der Waals surface area contributed by atoms with E-state index in [1.807, 2.05) is 13.0 Å². The Bertz CT molecular complexity index is 1170. The van der Waals surface area contributed by atoms with E-state index in [0.29, 0.717) is 16.9 Å². The summed E-state index contributed by atoms with van der Waals surface area (Å²) in [5.41, 5.74) is 2.38. The lowest BCUT2D eigenvalue weighted by Gasteiger charge is -2.29. The lowest BCUT2D eigenvalue weighted by atomic mass is 10.1. The van der Waals surface area contributed by atoms with Gasteiger partial charge in [-0.3, -0.25) is 0 Å². The fourth-order valence-electron chi connectivity index (χ4n) is 3.81. The molecule has 144 valence electrons. The third kappa shape index (κ3) is 2.86. The molecule has 1 saturated heterocycles. The molecule has 0 spiro atoms. The van der Waals surface area contributed by atoms with E-state index in [9.17, 15) is 8.78 Å². The molecule has 1 aliphatic rings. The molecule has 4 aromatic rings. The summed E-state index contributed by atoms with van der Waals surface area (Å²) < 4.78 is 30.9. The minimum Gasteiger partial charge on any atom is -0.369 e. The van der Waals surface area contributed by atoms with Gasteiger partial charge in [0.25, 0.3) is 0 Å². The fourth-order valence-corrected chi connectivity index (χ4v) is 3.81. The number of pyridine rings is 1. The Hall–Kier alpha value is -3.13. The Kier molecular flexibility index (Phi) is 3.94. The van der Waals surface area contributed by atoms with Crippen molar-refractivity contribution < 1.29 is 8.78 Å². The van der Waals surface area contributed by atoms with Crippen molar-refractivity contribution in [3.8, 4) is 0 Å². The number of aryl methyl sites for hydroxylation is 1. The normalized spacial score (nSPS) is 14.9. The Balaban J connectivity index is 1.51. The number of aromatic amines is 1. The van der Waals surface area contributed by atoms with Crippen molar-refractivity contribution in [2.45, 2.75) is 6.92 Å². The smallest absolute Gasteiger partial charge is 0.173 e. The van der Waals surface area contributed by atoms with Crippen molar-refractivity contribution in [3.63, 3.8) is 0 Å². The number of nitrogens with zero attached hydrogens (tertiary/aromatic N) is 3. The van der Waals surface area contributed by atoms with Crippen LogP contribution in [0.4, 0.5) is 26.0 Å². The largest absolute Gasteiger partial charge is 0.369 e. The van der Waals surface area contributed by atoms with E-state index < -0.39 is 5.82 Å². The van der Waals surface area contributed by atoms with E-state index in [2.05, 4.69) is 25.5 Å². The summed E-state index contributed by atoms with van der Waals surface area (Å²) in [7, 11) is 0. The first kappa shape index (κ1) is 17.0. The highest BCUT2D eigenvalue weighted by molar-refractivity contribution is 5.97. The minimum absolute atomic E-state index is 0.270. The molecular weight excluding hydrogens is 362 g/mol. The summed E-state index contributed by atoms with van der Waals surface area (Å²) in [6, 6.07) is 4.91. The van der Waals surface area contributed by atoms with Crippen molar-refractivity contribution in [3.05, 3.63) is 54.1 Å². The number of benzene rings is 1. The first-order valence-corrected chi connectivity index (χ1v) is 9.27. The van der Waals surface area contributed by atoms with Gasteiger partial charge in [-0.2, -0.15) is 0 Å². The van der Waals surface area contributed by atoms with Gasteiger partial charge in [0.05, 0.1) is 16.8 Å². The molecule has 28 heavy (non-hydrogen) atoms. The van der Waals surface area contributed by atoms with Crippen LogP contribution in [0.3, 0.4) is 0 Å². The highest BCUT2D eigenvalue weighted by Crippen LogP contribution is 2.32. The minimum atomic E-state index is -0.435. The summed E-state index contributed by atoms with van der Waals surface area (Å²) in [6.45, 7) is 5.29. The number of anilines is 3. The van der Waals surface area contributed by atoms with Crippen LogP contribution < -0.4 is 15.5 Å². The number of aromatic nitrogens is 3. The first-order chi connectivity index (χ1) is 13.6. The number of fused-ring (bicyclic) bond motifs is 2. The molecule has 1 fully saturated rings. The number of halogens is 2. The topological polar surface area (TPSA) is 60.4 Å². The quantitative estimate of drug-likeness (QED) is 0.507. The molecule has 6 nitrogen and oxygen atoms in total. The predicted molar refractivity (Wildman–Crippen MR) is 107 cm³/mol. The van der Waals surface area contributed by atoms with E-state index in [4.69, 9.17) is 0 Å². The number of imidazole rings is 1. The summed E-state index contributed by atoms with van der Waals surface area (Å²) in [6.07, 6.45) is 5.25. The number of piperazine rings is 1. The number of hydrogen-bond acceptors (Lipinski definition) is 4. The van der Waals surface area contributed by atoms with Crippen molar-refractivity contribution in [1.82, 2.24) is 19.7 Å². The molecule has 3 aromatic heterocycles. The second-order valence-electron chi connectivity index (χ2n) is 7.11. The molecule has 0 unspecified atom stereocenters. The van der Waals surface area contributed by atoms with Gasteiger partial charge in [0.1, 0.15) is 11.6 Å². The van der Waals surface area contributed by atoms with E-state index in [1.165, 1.54) is 6.07 Å². The van der Waals surface area contributed by atoms with Crippen molar-refractivity contribution >= 4 is 33.6 Å². The van der Waals surface area contributed by atoms with E-state index in [1.54, 1.807) is 29.1 Å². The van der Waals surface area contributed by atoms with Gasteiger partial charge < -0.3 is 24.9 Å². The molecule has 0 amide bonds. The molecule has 8 heteroatoms. The summed E-state index contributed by atoms with van der Waals surface area (Å²) in [5, 5.41) is 7.63. The Labute approximate surface area is 160 Å². The van der Waals surface area contributed by atoms with Crippen LogP contribution in [0.15, 0.2) is 36.8 Å². The maximum atomic E-state index is 14.9. The zero-order valence-electron chi connectivity index (χ0n) is 15.4. The number of nitrogens with one attached hydrogen (secondary N) is 3. The zero-order valence-corrected chi connectivity index (χ0v) is 15.4. The fraction of sp³-hybridized carbons (Fsp3) is 0.250. The molecule has 0 aliphatic carbocycles. The van der Waals surface area contributed by atoms with Gasteiger partial charge in [-0.15, -0.1) is 0 Å². The van der Waals surface area contributed by atoms with Gasteiger partial charge >= 0.3 is 0 Å². The third-order valence-electron chi connectivity index (χ3n) is 5.11. The summed E-state index contributed by atoms with van der Waals surface area (Å²) >= 11 is 0. The number of hydrogen-bond donors (Lipinski definition) is 3. The molecule has 1 aromatic carbocycles. The highest BCUT2D eigenvalue weighted by atomic mass is 19.1. The average molecular weight is 382 g/mol. The van der Waals surface area contributed by atoms with E-state index in [0.717, 1.165) is 42.9 Å². The first-order valence-electron chi connectivity index (χ1n) is 9.27. The van der Waals surface area contributed by atoms with Crippen LogP contribution in [0.2, 0.25) is 0 Å². The molecular formula is C20H20F2N6. The second-order valence-corrected chi connectivity index (χ2v) is 7.11. The monoisotopic (exact) mass is 382 g/mol. The van der Waals surface area contributed by atoms with E-state index in [-0.39, 0.29) is 11.5 Å². The molecule has 1 aliphatic heterocycles. The highest BCUT2D eigenvalue weighted by Gasteiger charge is 2.16. The Morgan fingerprint density at radius 1 is 1.07 bits per heavy atom. The molecule has 5 rings (SSSR count). The van der Waals surface area contributed by atoms with Crippen LogP contribution in [-0.4, -0.2) is 40.5 Å². The molecule has 3 N–H and O–H groups in total. The summed E-state index contributed by atoms with van der Waals surface area (Å²) in [5.74, 6) is -0.250. The van der Waals surface area contributed by atoms with Gasteiger partial charge in [-0.25, -0.2) is 13.8 Å². The Morgan fingerprint density at radius 2 is 1.89 bits per heavy atom. The number of H-pyrrole nitrogens is 1. The van der Waals surface area contributed by atoms with Crippen LogP contribution in [0.25, 0.3) is 16.4 Å². The van der Waals surface area contributed by atoms with Crippen LogP contribution in [0, 0.1) is 18.6 Å². The molecule has 0 radical (unpaired) electrons. The zero-order chi connectivity index (χ0) is 19.3. The molecule has 0 bridgehead atoms. The molecule has 0 atom stereocenters. The standard InChI is InChI=1S/C20H20F2N6/c1-12-10-28-11-14(7-17(22)20(28)25-12)26-19-18-13(9-24-19)6-15(8-16(18)21)27-4-2-23-3-5-27/h6-11,23-24,26H,2-5H2,1H3. The van der Waals surface area contributed by atoms with Crippen LogP contribution in [0.1, 0.15) is 5.69 Å². The van der Waals surface area contributed by atoms with Gasteiger partial charge in [0.2, 0.25) is 0 Å². The van der Waals surface area contributed by atoms with E-state index >= 15 is 0 Å². The lowest BCUT2D eigenvalue weighted by molar-refractivity contribution is 0.586. The predicted octanol–water partition coefficient (Wildman–Crippen LogP) is 3.56. The number of rotatable bonds is 3. The van der Waals surface area contributed by atoms with Crippen molar-refractivity contribution in [1.29, 1.82) is 0 Å². The lowest BCUT2D eigenvalue weighted by Crippen LogP contribution is -2.43. The summed E-state index contributed by atoms with van der Waals surface area (Å²) in [4.78, 5) is 9.40. The third-order valence-corrected chi connectivity index (χ3v) is 5.11. The van der Waals surface area contributed by atoms with Gasteiger partial charge in [-0.1, -0.05) is 0 Å². The van der Waals surface area contributed by atoms with Crippen LogP contribution in [0.5, 0.6) is 0 Å². The van der Waals surface area contributed by atoms with Gasteiger partial charge in [0, 0.05) is 61.9 Å². The average Bonchev–Trinajstić information content (AvgIpc) is 3.26. The maximum absolute atomic E-state index is 14.9. The second kappa shape index (κ2) is 6.49. The van der Waals surface area contributed by atoms with Gasteiger partial charge in [-0.05, 0) is 19.1 Å². The van der Waals surface area contributed by atoms with Gasteiger partial charge in [0.15, 0.2) is 11.5 Å². The van der Waals surface area contributed by atoms with Crippen molar-refractivity contribution in [2.24, 2.45) is 0 Å². The van der Waals surface area contributed by atoms with Crippen molar-refractivity contribution in [2.75, 3.05) is 36.4 Å². The Morgan fingerprint density at radius 3 is 2.71 bits per heavy atom.